The van der Waals surface area contributed by atoms with Crippen LogP contribution in [0, 0.1) is 10.1 Å². The third-order valence-electron chi connectivity index (χ3n) is 4.85. The Bertz CT molecular complexity index is 989. The molecule has 1 aliphatic rings. The van der Waals surface area contributed by atoms with E-state index in [2.05, 4.69) is 4.98 Å². The minimum Gasteiger partial charge on any atom is -0.457 e. The maximum absolute atomic E-state index is 12.4. The maximum Gasteiger partial charge on any atom is 0.338 e. The second-order valence-electron chi connectivity index (χ2n) is 6.55. The number of non-ortho nitro benzene ring substituents is 1. The number of aryl methyl sites for hydroxylation is 2. The number of nitrogens with one attached hydrogen (secondary N) is 1. The Kier molecular flexibility index (Phi) is 4.16. The van der Waals surface area contributed by atoms with Gasteiger partial charge in [-0.05, 0) is 67.1 Å². The summed E-state index contributed by atoms with van der Waals surface area (Å²) in [6.07, 6.45) is 4.47. The number of H-pyrrole nitrogens is 1. The highest BCUT2D eigenvalue weighted by molar-refractivity contribution is 5.96. The number of nitro benzene ring substituents is 1. The van der Waals surface area contributed by atoms with Crippen molar-refractivity contribution in [3.05, 3.63) is 75.0 Å². The van der Waals surface area contributed by atoms with E-state index in [4.69, 9.17) is 4.74 Å². The molecule has 6 heteroatoms. The molecule has 26 heavy (non-hydrogen) atoms. The Hall–Kier alpha value is -3.15. The molecule has 0 aliphatic heterocycles. The summed E-state index contributed by atoms with van der Waals surface area (Å²) >= 11 is 0. The lowest BCUT2D eigenvalue weighted by molar-refractivity contribution is -0.384. The lowest BCUT2D eigenvalue weighted by Gasteiger charge is -2.10. The number of hydrogen-bond acceptors (Lipinski definition) is 4. The standard InChI is InChI=1S/C20H18N2O4/c23-20(26-12-13-5-8-15(9-6-13)22(24)25)14-7-10-19-17(11-14)16-3-1-2-4-18(16)21-19/h5-11,21H,1-4,12H2. The van der Waals surface area contributed by atoms with Gasteiger partial charge in [-0.1, -0.05) is 0 Å². The summed E-state index contributed by atoms with van der Waals surface area (Å²) in [5, 5.41) is 11.8. The molecule has 0 bridgehead atoms. The number of carbonyl (C=O) groups is 1. The van der Waals surface area contributed by atoms with E-state index < -0.39 is 10.9 Å². The van der Waals surface area contributed by atoms with Crippen LogP contribution in [0.4, 0.5) is 5.69 Å². The fourth-order valence-electron chi connectivity index (χ4n) is 3.48. The molecule has 0 radical (unpaired) electrons. The van der Waals surface area contributed by atoms with Gasteiger partial charge in [0.05, 0.1) is 10.5 Å². The van der Waals surface area contributed by atoms with Crippen LogP contribution in [0.5, 0.6) is 0 Å². The van der Waals surface area contributed by atoms with Gasteiger partial charge in [0.15, 0.2) is 0 Å². The molecule has 0 amide bonds. The van der Waals surface area contributed by atoms with Crippen molar-refractivity contribution in [2.75, 3.05) is 0 Å². The van der Waals surface area contributed by atoms with E-state index >= 15 is 0 Å². The van der Waals surface area contributed by atoms with E-state index in [1.165, 1.54) is 36.2 Å². The Labute approximate surface area is 149 Å². The number of rotatable bonds is 4. The van der Waals surface area contributed by atoms with Gasteiger partial charge in [-0.25, -0.2) is 4.79 Å². The van der Waals surface area contributed by atoms with Gasteiger partial charge in [-0.2, -0.15) is 0 Å². The number of aromatic amines is 1. The zero-order valence-electron chi connectivity index (χ0n) is 14.2. The third-order valence-corrected chi connectivity index (χ3v) is 4.85. The fourth-order valence-corrected chi connectivity index (χ4v) is 3.48. The van der Waals surface area contributed by atoms with Crippen molar-refractivity contribution < 1.29 is 14.5 Å². The highest BCUT2D eigenvalue weighted by Gasteiger charge is 2.17. The first kappa shape index (κ1) is 16.3. The number of hydrogen-bond donors (Lipinski definition) is 1. The summed E-state index contributed by atoms with van der Waals surface area (Å²) < 4.78 is 5.37. The normalized spacial score (nSPS) is 13.4. The van der Waals surface area contributed by atoms with Crippen LogP contribution in [0.1, 0.15) is 40.0 Å². The molecular weight excluding hydrogens is 332 g/mol. The number of carbonyl (C=O) groups excluding carboxylic acids is 1. The zero-order valence-corrected chi connectivity index (χ0v) is 14.2. The van der Waals surface area contributed by atoms with E-state index in [0.29, 0.717) is 11.1 Å². The number of nitrogens with zero attached hydrogens (tertiary/aromatic N) is 1. The summed E-state index contributed by atoms with van der Waals surface area (Å²) in [7, 11) is 0. The van der Waals surface area contributed by atoms with Crippen molar-refractivity contribution in [3.63, 3.8) is 0 Å². The molecule has 132 valence electrons. The SMILES string of the molecule is O=C(OCc1ccc([N+](=O)[O-])cc1)c1ccc2[nH]c3c(c2c1)CCCC3. The van der Waals surface area contributed by atoms with E-state index in [1.54, 1.807) is 18.2 Å². The molecular formula is C20H18N2O4. The van der Waals surface area contributed by atoms with Gasteiger partial charge in [0, 0.05) is 28.7 Å². The van der Waals surface area contributed by atoms with Crippen molar-refractivity contribution in [1.82, 2.24) is 4.98 Å². The van der Waals surface area contributed by atoms with E-state index in [0.717, 1.165) is 23.7 Å². The first-order chi connectivity index (χ1) is 12.6. The number of fused-ring (bicyclic) bond motifs is 3. The van der Waals surface area contributed by atoms with Crippen molar-refractivity contribution in [2.24, 2.45) is 0 Å². The molecule has 1 aromatic heterocycles. The van der Waals surface area contributed by atoms with Gasteiger partial charge in [0.2, 0.25) is 0 Å². The number of esters is 1. The minimum absolute atomic E-state index is 0.0164. The summed E-state index contributed by atoms with van der Waals surface area (Å²) in [6, 6.07) is 11.6. The smallest absolute Gasteiger partial charge is 0.338 e. The van der Waals surface area contributed by atoms with Gasteiger partial charge in [0.25, 0.3) is 5.69 Å². The average Bonchev–Trinajstić information content (AvgIpc) is 3.04. The number of aromatic nitrogens is 1. The topological polar surface area (TPSA) is 85.2 Å². The predicted molar refractivity (Wildman–Crippen MR) is 97.2 cm³/mol. The Morgan fingerprint density at radius 1 is 1.12 bits per heavy atom. The molecule has 0 saturated heterocycles. The predicted octanol–water partition coefficient (Wildman–Crippen LogP) is 4.31. The van der Waals surface area contributed by atoms with Gasteiger partial charge in [-0.15, -0.1) is 0 Å². The molecule has 0 spiro atoms. The monoisotopic (exact) mass is 350 g/mol. The molecule has 3 aromatic rings. The third kappa shape index (κ3) is 3.06. The van der Waals surface area contributed by atoms with Gasteiger partial charge >= 0.3 is 5.97 Å². The number of ether oxygens (including phenoxy) is 1. The van der Waals surface area contributed by atoms with Gasteiger partial charge in [0.1, 0.15) is 6.61 Å². The van der Waals surface area contributed by atoms with E-state index in [-0.39, 0.29) is 12.3 Å². The van der Waals surface area contributed by atoms with Gasteiger partial charge in [-0.3, -0.25) is 10.1 Å². The Balaban J connectivity index is 1.50. The number of benzene rings is 2. The fraction of sp³-hybridized carbons (Fsp3) is 0.250. The molecule has 1 heterocycles. The first-order valence-electron chi connectivity index (χ1n) is 8.66. The lowest BCUT2D eigenvalue weighted by atomic mass is 9.95. The summed E-state index contributed by atoms with van der Waals surface area (Å²) in [6.45, 7) is 0.0834. The molecule has 6 nitrogen and oxygen atoms in total. The highest BCUT2D eigenvalue weighted by atomic mass is 16.6. The van der Waals surface area contributed by atoms with Crippen LogP contribution < -0.4 is 0 Å². The molecule has 4 rings (SSSR count). The van der Waals surface area contributed by atoms with Crippen LogP contribution in [-0.2, 0) is 24.2 Å². The summed E-state index contributed by atoms with van der Waals surface area (Å²) in [4.78, 5) is 26.0. The van der Waals surface area contributed by atoms with E-state index in [9.17, 15) is 14.9 Å². The molecule has 1 aliphatic carbocycles. The summed E-state index contributed by atoms with van der Waals surface area (Å²) in [5.41, 5.74) is 4.90. The largest absolute Gasteiger partial charge is 0.457 e. The van der Waals surface area contributed by atoms with Crippen LogP contribution >= 0.6 is 0 Å². The quantitative estimate of drug-likeness (QED) is 0.431. The molecule has 0 fully saturated rings. The second-order valence-corrected chi connectivity index (χ2v) is 6.55. The van der Waals surface area contributed by atoms with Gasteiger partial charge < -0.3 is 9.72 Å². The van der Waals surface area contributed by atoms with Crippen molar-refractivity contribution in [3.8, 4) is 0 Å². The van der Waals surface area contributed by atoms with Crippen LogP contribution in [-0.4, -0.2) is 15.9 Å². The molecule has 0 atom stereocenters. The Morgan fingerprint density at radius 3 is 2.65 bits per heavy atom. The Morgan fingerprint density at radius 2 is 1.88 bits per heavy atom. The summed E-state index contributed by atoms with van der Waals surface area (Å²) in [5.74, 6) is -0.393. The van der Waals surface area contributed by atoms with E-state index in [1.807, 2.05) is 12.1 Å². The van der Waals surface area contributed by atoms with Crippen LogP contribution in [0.2, 0.25) is 0 Å². The maximum atomic E-state index is 12.4. The van der Waals surface area contributed by atoms with Crippen LogP contribution in [0.15, 0.2) is 42.5 Å². The van der Waals surface area contributed by atoms with Crippen molar-refractivity contribution >= 4 is 22.6 Å². The van der Waals surface area contributed by atoms with Crippen molar-refractivity contribution in [2.45, 2.75) is 32.3 Å². The second kappa shape index (κ2) is 6.63. The molecule has 0 saturated carbocycles. The molecule has 1 N–H and O–H groups in total. The van der Waals surface area contributed by atoms with Crippen LogP contribution in [0.3, 0.4) is 0 Å². The zero-order chi connectivity index (χ0) is 18.1. The number of nitro groups is 1. The minimum atomic E-state index is -0.456. The highest BCUT2D eigenvalue weighted by Crippen LogP contribution is 2.29. The molecule has 2 aromatic carbocycles. The lowest BCUT2D eigenvalue weighted by Crippen LogP contribution is -2.05. The van der Waals surface area contributed by atoms with Crippen LogP contribution in [0.25, 0.3) is 10.9 Å². The van der Waals surface area contributed by atoms with Crippen molar-refractivity contribution in [1.29, 1.82) is 0 Å². The molecule has 0 unspecified atom stereocenters. The first-order valence-corrected chi connectivity index (χ1v) is 8.66. The average molecular weight is 350 g/mol.